The second-order valence-corrected chi connectivity index (χ2v) is 4.12. The molecular formula is C6H7NO2S2. The molecule has 0 saturated heterocycles. The highest BCUT2D eigenvalue weighted by molar-refractivity contribution is 8.01. The van der Waals surface area contributed by atoms with Crippen molar-refractivity contribution in [1.29, 1.82) is 0 Å². The molecular weight excluding hydrogens is 182 g/mol. The number of hydrogen-bond donors (Lipinski definition) is 1. The molecule has 11 heavy (non-hydrogen) atoms. The van der Waals surface area contributed by atoms with Crippen molar-refractivity contribution in [3.05, 3.63) is 11.1 Å². The third kappa shape index (κ3) is 2.61. The van der Waals surface area contributed by atoms with Gasteiger partial charge in [-0.15, -0.1) is 11.3 Å². The highest BCUT2D eigenvalue weighted by Crippen LogP contribution is 2.22. The Labute approximate surface area is 72.5 Å². The van der Waals surface area contributed by atoms with Gasteiger partial charge in [0.2, 0.25) is 0 Å². The fraction of sp³-hybridized carbons (Fsp3) is 0.333. The number of thioether (sulfide) groups is 1. The molecule has 1 rings (SSSR count). The molecule has 0 aliphatic heterocycles. The van der Waals surface area contributed by atoms with E-state index < -0.39 is 0 Å². The van der Waals surface area contributed by atoms with Crippen LogP contribution in [0.15, 0.2) is 10.5 Å². The molecule has 1 aromatic heterocycles. The van der Waals surface area contributed by atoms with Crippen LogP contribution in [0.3, 0.4) is 0 Å². The van der Waals surface area contributed by atoms with E-state index in [9.17, 15) is 4.79 Å². The highest BCUT2D eigenvalue weighted by atomic mass is 32.2. The Balaban J connectivity index is 2.51. The lowest BCUT2D eigenvalue weighted by atomic mass is 10.6. The fourth-order valence-corrected chi connectivity index (χ4v) is 2.15. The smallest absolute Gasteiger partial charge is 0.161 e. The first-order chi connectivity index (χ1) is 5.36. The second-order valence-electron chi connectivity index (χ2n) is 1.72. The number of aromatic nitrogens is 1. The van der Waals surface area contributed by atoms with Gasteiger partial charge in [0.25, 0.3) is 0 Å². The normalized spacial score (nSPS) is 9.91. The molecule has 1 heterocycles. The molecule has 1 aromatic rings. The SMILES string of the molecule is O=Cc1cnc(SCCO)s1. The van der Waals surface area contributed by atoms with Crippen LogP contribution >= 0.6 is 23.1 Å². The van der Waals surface area contributed by atoms with Crippen molar-refractivity contribution in [2.75, 3.05) is 12.4 Å². The Morgan fingerprint density at radius 1 is 1.82 bits per heavy atom. The van der Waals surface area contributed by atoms with Gasteiger partial charge in [0, 0.05) is 11.9 Å². The van der Waals surface area contributed by atoms with Crippen LogP contribution in [0, 0.1) is 0 Å². The first-order valence-electron chi connectivity index (χ1n) is 3.01. The van der Waals surface area contributed by atoms with Crippen LogP contribution in [-0.4, -0.2) is 28.7 Å². The molecule has 3 nitrogen and oxygen atoms in total. The first kappa shape index (κ1) is 8.70. The van der Waals surface area contributed by atoms with Crippen LogP contribution in [0.1, 0.15) is 9.67 Å². The zero-order valence-corrected chi connectivity index (χ0v) is 7.32. The summed E-state index contributed by atoms with van der Waals surface area (Å²) in [7, 11) is 0. The van der Waals surface area contributed by atoms with E-state index in [-0.39, 0.29) is 6.61 Å². The molecule has 5 heteroatoms. The average Bonchev–Trinajstić information content (AvgIpc) is 2.48. The van der Waals surface area contributed by atoms with E-state index in [0.717, 1.165) is 10.6 Å². The zero-order chi connectivity index (χ0) is 8.10. The first-order valence-corrected chi connectivity index (χ1v) is 4.81. The maximum absolute atomic E-state index is 10.2. The van der Waals surface area contributed by atoms with E-state index in [1.807, 2.05) is 0 Å². The largest absolute Gasteiger partial charge is 0.396 e. The Kier molecular flexibility index (Phi) is 3.55. The monoisotopic (exact) mass is 189 g/mol. The Hall–Kier alpha value is -0.390. The van der Waals surface area contributed by atoms with Gasteiger partial charge in [-0.1, -0.05) is 11.8 Å². The minimum absolute atomic E-state index is 0.140. The van der Waals surface area contributed by atoms with Crippen molar-refractivity contribution in [2.24, 2.45) is 0 Å². The standard InChI is InChI=1S/C6H7NO2S2/c8-1-2-10-6-7-3-5(4-9)11-6/h3-4,8H,1-2H2. The summed E-state index contributed by atoms with van der Waals surface area (Å²) in [6, 6.07) is 0. The van der Waals surface area contributed by atoms with E-state index in [4.69, 9.17) is 5.11 Å². The zero-order valence-electron chi connectivity index (χ0n) is 5.69. The summed E-state index contributed by atoms with van der Waals surface area (Å²) in [6.45, 7) is 0.140. The molecule has 60 valence electrons. The van der Waals surface area contributed by atoms with Gasteiger partial charge in [-0.2, -0.15) is 0 Å². The fourth-order valence-electron chi connectivity index (χ4n) is 0.524. The number of aliphatic hydroxyl groups excluding tert-OH is 1. The summed E-state index contributed by atoms with van der Waals surface area (Å²) < 4.78 is 0.834. The molecule has 0 aliphatic carbocycles. The van der Waals surface area contributed by atoms with Gasteiger partial charge in [-0.05, 0) is 0 Å². The molecule has 0 amide bonds. The van der Waals surface area contributed by atoms with Gasteiger partial charge < -0.3 is 5.11 Å². The third-order valence-electron chi connectivity index (χ3n) is 0.935. The Morgan fingerprint density at radius 3 is 3.18 bits per heavy atom. The van der Waals surface area contributed by atoms with Crippen molar-refractivity contribution < 1.29 is 9.90 Å². The lowest BCUT2D eigenvalue weighted by molar-refractivity contribution is 0.112. The molecule has 1 N–H and O–H groups in total. The van der Waals surface area contributed by atoms with Gasteiger partial charge in [0.15, 0.2) is 10.6 Å². The summed E-state index contributed by atoms with van der Waals surface area (Å²) in [5.41, 5.74) is 0. The Bertz CT molecular complexity index is 236. The summed E-state index contributed by atoms with van der Waals surface area (Å²) in [6.07, 6.45) is 2.32. The van der Waals surface area contributed by atoms with Crippen LogP contribution in [0.2, 0.25) is 0 Å². The van der Waals surface area contributed by atoms with Crippen LogP contribution < -0.4 is 0 Å². The van der Waals surface area contributed by atoms with Gasteiger partial charge in [-0.25, -0.2) is 4.98 Å². The molecule has 0 radical (unpaired) electrons. The lowest BCUT2D eigenvalue weighted by Crippen LogP contribution is -1.83. The highest BCUT2D eigenvalue weighted by Gasteiger charge is 1.99. The minimum atomic E-state index is 0.140. The van der Waals surface area contributed by atoms with Crippen LogP contribution in [0.4, 0.5) is 0 Å². The van der Waals surface area contributed by atoms with E-state index in [0.29, 0.717) is 10.6 Å². The number of carbonyl (C=O) groups excluding carboxylic acids is 1. The topological polar surface area (TPSA) is 50.2 Å². The van der Waals surface area contributed by atoms with Crippen LogP contribution in [-0.2, 0) is 0 Å². The third-order valence-corrected chi connectivity index (χ3v) is 3.00. The van der Waals surface area contributed by atoms with Crippen molar-refractivity contribution in [2.45, 2.75) is 4.34 Å². The van der Waals surface area contributed by atoms with Crippen LogP contribution in [0.25, 0.3) is 0 Å². The molecule has 0 unspecified atom stereocenters. The number of aldehydes is 1. The van der Waals surface area contributed by atoms with E-state index in [1.54, 1.807) is 0 Å². The lowest BCUT2D eigenvalue weighted by Gasteiger charge is -1.89. The number of hydrogen-bond acceptors (Lipinski definition) is 5. The van der Waals surface area contributed by atoms with Crippen molar-refractivity contribution in [3.8, 4) is 0 Å². The summed E-state index contributed by atoms with van der Waals surface area (Å²) in [5, 5.41) is 8.48. The number of thiazole rings is 1. The van der Waals surface area contributed by atoms with Crippen molar-refractivity contribution in [1.82, 2.24) is 4.98 Å². The second kappa shape index (κ2) is 4.48. The molecule has 0 aliphatic rings. The van der Waals surface area contributed by atoms with Gasteiger partial charge in [0.1, 0.15) is 0 Å². The van der Waals surface area contributed by atoms with Gasteiger partial charge >= 0.3 is 0 Å². The predicted octanol–water partition coefficient (Wildman–Crippen LogP) is 1.04. The summed E-state index contributed by atoms with van der Waals surface area (Å²) >= 11 is 2.80. The Morgan fingerprint density at radius 2 is 2.64 bits per heavy atom. The maximum Gasteiger partial charge on any atom is 0.161 e. The number of rotatable bonds is 4. The average molecular weight is 189 g/mol. The molecule has 0 bridgehead atoms. The number of aliphatic hydroxyl groups is 1. The number of carbonyl (C=O) groups is 1. The van der Waals surface area contributed by atoms with E-state index in [2.05, 4.69) is 4.98 Å². The number of nitrogens with zero attached hydrogens (tertiary/aromatic N) is 1. The minimum Gasteiger partial charge on any atom is -0.396 e. The van der Waals surface area contributed by atoms with Gasteiger partial charge in [0.05, 0.1) is 11.5 Å². The van der Waals surface area contributed by atoms with E-state index in [1.165, 1.54) is 29.3 Å². The predicted molar refractivity (Wildman–Crippen MR) is 45.3 cm³/mol. The molecule has 0 atom stereocenters. The molecule has 0 saturated carbocycles. The maximum atomic E-state index is 10.2. The molecule has 0 fully saturated rings. The molecule has 0 spiro atoms. The van der Waals surface area contributed by atoms with Crippen LogP contribution in [0.5, 0.6) is 0 Å². The van der Waals surface area contributed by atoms with Crippen molar-refractivity contribution >= 4 is 29.4 Å². The summed E-state index contributed by atoms with van der Waals surface area (Å²) in [4.78, 5) is 14.8. The van der Waals surface area contributed by atoms with Crippen molar-refractivity contribution in [3.63, 3.8) is 0 Å². The summed E-state index contributed by atoms with van der Waals surface area (Å²) in [5.74, 6) is 0.631. The molecule has 0 aromatic carbocycles. The van der Waals surface area contributed by atoms with Gasteiger partial charge in [-0.3, -0.25) is 4.79 Å². The van der Waals surface area contributed by atoms with E-state index >= 15 is 0 Å². The quantitative estimate of drug-likeness (QED) is 0.568.